The number of rotatable bonds is 2. The van der Waals surface area contributed by atoms with Crippen LogP contribution >= 0.6 is 0 Å². The van der Waals surface area contributed by atoms with E-state index < -0.39 is 17.3 Å². The van der Waals surface area contributed by atoms with E-state index in [1.807, 2.05) is 6.08 Å². The number of hydrogen-bond acceptors (Lipinski definition) is 3. The number of fused-ring (bicyclic) bond motifs is 5. The average Bonchev–Trinajstić information content (AvgIpc) is 2.95. The first-order valence-electron chi connectivity index (χ1n) is 9.20. The first kappa shape index (κ1) is 16.1. The number of aliphatic hydroxyl groups excluding tert-OH is 1. The van der Waals surface area contributed by atoms with Crippen molar-refractivity contribution in [2.75, 3.05) is 6.61 Å². The van der Waals surface area contributed by atoms with E-state index >= 15 is 0 Å². The Kier molecular flexibility index (Phi) is 3.54. The van der Waals surface area contributed by atoms with Crippen LogP contribution in [0.2, 0.25) is 0 Å². The zero-order valence-corrected chi connectivity index (χ0v) is 14.2. The topological polar surface area (TPSA) is 74.6 Å². The third-order valence-corrected chi connectivity index (χ3v) is 7.87. The molecule has 4 nitrogen and oxygen atoms in total. The number of carboxylic acids is 1. The molecular weight excluding hydrogens is 304 g/mol. The second-order valence-corrected chi connectivity index (χ2v) is 8.50. The van der Waals surface area contributed by atoms with Crippen LogP contribution < -0.4 is 0 Å². The van der Waals surface area contributed by atoms with E-state index in [4.69, 9.17) is 0 Å². The van der Waals surface area contributed by atoms with Crippen LogP contribution in [0, 0.1) is 34.5 Å². The fourth-order valence-electron chi connectivity index (χ4n) is 6.68. The van der Waals surface area contributed by atoms with Crippen molar-refractivity contribution >= 4 is 11.8 Å². The number of carbonyl (C=O) groups excluding carboxylic acids is 1. The third kappa shape index (κ3) is 1.95. The molecule has 0 unspecified atom stereocenters. The maximum absolute atomic E-state index is 11.8. The standard InChI is InChI=1S/C20H26O4/c1-19-8-6-13(22)10-12(19)2-3-14-15(19)7-9-20(11-21)16(14)4-5-17(20)18(23)24/h6,8,10,14-17,21H,2-5,7,9,11H2,1H3,(H,23,24)/t14-,15+,16+,17-,19+,20-/m1/s1. The van der Waals surface area contributed by atoms with Crippen molar-refractivity contribution in [2.45, 2.75) is 45.4 Å². The van der Waals surface area contributed by atoms with Gasteiger partial charge in [-0.2, -0.15) is 0 Å². The Labute approximate surface area is 142 Å². The summed E-state index contributed by atoms with van der Waals surface area (Å²) in [6.07, 6.45) is 10.9. The number of aliphatic carboxylic acids is 1. The van der Waals surface area contributed by atoms with Crippen LogP contribution in [0.1, 0.15) is 45.4 Å². The van der Waals surface area contributed by atoms with Gasteiger partial charge in [-0.15, -0.1) is 0 Å². The van der Waals surface area contributed by atoms with Gasteiger partial charge in [-0.3, -0.25) is 9.59 Å². The van der Waals surface area contributed by atoms with Crippen molar-refractivity contribution in [2.24, 2.45) is 34.5 Å². The van der Waals surface area contributed by atoms with Crippen LogP contribution in [-0.2, 0) is 9.59 Å². The molecule has 3 fully saturated rings. The molecule has 130 valence electrons. The van der Waals surface area contributed by atoms with E-state index in [2.05, 4.69) is 13.0 Å². The molecule has 4 heteroatoms. The lowest BCUT2D eigenvalue weighted by Crippen LogP contribution is -2.52. The fourth-order valence-corrected chi connectivity index (χ4v) is 6.68. The minimum absolute atomic E-state index is 0.00834. The summed E-state index contributed by atoms with van der Waals surface area (Å²) in [6, 6.07) is 0. The van der Waals surface area contributed by atoms with Gasteiger partial charge in [-0.25, -0.2) is 0 Å². The van der Waals surface area contributed by atoms with Gasteiger partial charge < -0.3 is 10.2 Å². The van der Waals surface area contributed by atoms with Gasteiger partial charge in [0.2, 0.25) is 0 Å². The minimum Gasteiger partial charge on any atom is -0.481 e. The maximum Gasteiger partial charge on any atom is 0.307 e. The van der Waals surface area contributed by atoms with Gasteiger partial charge in [-0.05, 0) is 68.4 Å². The monoisotopic (exact) mass is 330 g/mol. The highest BCUT2D eigenvalue weighted by Gasteiger charge is 2.61. The molecule has 4 aliphatic carbocycles. The van der Waals surface area contributed by atoms with E-state index in [1.165, 1.54) is 5.57 Å². The molecule has 0 aliphatic heterocycles. The summed E-state index contributed by atoms with van der Waals surface area (Å²) in [6.45, 7) is 2.24. The molecule has 0 spiro atoms. The molecular formula is C20H26O4. The van der Waals surface area contributed by atoms with Gasteiger partial charge in [0.15, 0.2) is 5.78 Å². The Morgan fingerprint density at radius 3 is 2.75 bits per heavy atom. The highest BCUT2D eigenvalue weighted by atomic mass is 16.4. The van der Waals surface area contributed by atoms with Gasteiger partial charge >= 0.3 is 5.97 Å². The van der Waals surface area contributed by atoms with Gasteiger partial charge in [0.05, 0.1) is 5.92 Å². The highest BCUT2D eigenvalue weighted by Crippen LogP contribution is 2.65. The first-order valence-corrected chi connectivity index (χ1v) is 9.20. The van der Waals surface area contributed by atoms with Crippen molar-refractivity contribution in [1.82, 2.24) is 0 Å². The second kappa shape index (κ2) is 5.29. The second-order valence-electron chi connectivity index (χ2n) is 8.50. The summed E-state index contributed by atoms with van der Waals surface area (Å²) in [7, 11) is 0. The summed E-state index contributed by atoms with van der Waals surface area (Å²) in [5.74, 6) is 0.159. The number of allylic oxidation sites excluding steroid dienone is 4. The maximum atomic E-state index is 11.8. The van der Waals surface area contributed by atoms with Crippen LogP contribution in [0.5, 0.6) is 0 Å². The van der Waals surface area contributed by atoms with Crippen LogP contribution in [-0.4, -0.2) is 28.6 Å². The predicted octanol–water partition coefficient (Wildman–Crippen LogP) is 2.97. The van der Waals surface area contributed by atoms with E-state index in [-0.39, 0.29) is 17.8 Å². The van der Waals surface area contributed by atoms with Crippen molar-refractivity contribution in [3.05, 3.63) is 23.8 Å². The molecule has 0 bridgehead atoms. The van der Waals surface area contributed by atoms with E-state index in [1.54, 1.807) is 6.08 Å². The zero-order chi connectivity index (χ0) is 17.1. The zero-order valence-electron chi connectivity index (χ0n) is 14.2. The molecule has 4 rings (SSSR count). The van der Waals surface area contributed by atoms with Gasteiger partial charge in [0.1, 0.15) is 0 Å². The minimum atomic E-state index is -0.740. The smallest absolute Gasteiger partial charge is 0.307 e. The average molecular weight is 330 g/mol. The van der Waals surface area contributed by atoms with E-state index in [0.29, 0.717) is 24.2 Å². The summed E-state index contributed by atoms with van der Waals surface area (Å²) in [4.78, 5) is 23.5. The third-order valence-electron chi connectivity index (χ3n) is 7.87. The van der Waals surface area contributed by atoms with Crippen LogP contribution in [0.3, 0.4) is 0 Å². The van der Waals surface area contributed by atoms with Gasteiger partial charge in [0.25, 0.3) is 0 Å². The number of carboxylic acid groups (broad SMARTS) is 1. The highest BCUT2D eigenvalue weighted by molar-refractivity contribution is 6.01. The number of carbonyl (C=O) groups is 2. The lowest BCUT2D eigenvalue weighted by Gasteiger charge is -2.57. The van der Waals surface area contributed by atoms with E-state index in [9.17, 15) is 19.8 Å². The van der Waals surface area contributed by atoms with Crippen LogP contribution in [0.25, 0.3) is 0 Å². The molecule has 2 N–H and O–H groups in total. The summed E-state index contributed by atoms with van der Waals surface area (Å²) in [5.41, 5.74) is 0.749. The lowest BCUT2D eigenvalue weighted by molar-refractivity contribution is -0.152. The van der Waals surface area contributed by atoms with Crippen molar-refractivity contribution in [3.8, 4) is 0 Å². The normalized spacial score (nSPS) is 46.8. The summed E-state index contributed by atoms with van der Waals surface area (Å²) < 4.78 is 0. The van der Waals surface area contributed by atoms with Gasteiger partial charge in [-0.1, -0.05) is 18.6 Å². The van der Waals surface area contributed by atoms with Crippen molar-refractivity contribution in [3.63, 3.8) is 0 Å². The Morgan fingerprint density at radius 2 is 2.04 bits per heavy atom. The Hall–Kier alpha value is -1.42. The molecule has 0 heterocycles. The molecule has 6 atom stereocenters. The molecule has 0 radical (unpaired) electrons. The largest absolute Gasteiger partial charge is 0.481 e. The summed E-state index contributed by atoms with van der Waals surface area (Å²) in [5, 5.41) is 19.8. The van der Waals surface area contributed by atoms with Crippen LogP contribution in [0.15, 0.2) is 23.8 Å². The SMILES string of the molecule is C[C@]12C=CC(=O)C=C1CC[C@H]1[C@@H]3CC[C@H](C(=O)O)[C@@]3(CO)CC[C@@H]12. The predicted molar refractivity (Wildman–Crippen MR) is 89.2 cm³/mol. The number of aliphatic hydroxyl groups is 1. The van der Waals surface area contributed by atoms with Crippen molar-refractivity contribution < 1.29 is 19.8 Å². The first-order chi connectivity index (χ1) is 11.4. The summed E-state index contributed by atoms with van der Waals surface area (Å²) >= 11 is 0. The van der Waals surface area contributed by atoms with Crippen LogP contribution in [0.4, 0.5) is 0 Å². The molecule has 24 heavy (non-hydrogen) atoms. The molecule has 0 amide bonds. The fraction of sp³-hybridized carbons (Fsp3) is 0.700. The molecule has 4 aliphatic rings. The van der Waals surface area contributed by atoms with Gasteiger partial charge in [0, 0.05) is 17.4 Å². The molecule has 0 aromatic rings. The Bertz CT molecular complexity index is 648. The van der Waals surface area contributed by atoms with Crippen molar-refractivity contribution in [1.29, 1.82) is 0 Å². The number of ketones is 1. The quantitative estimate of drug-likeness (QED) is 0.816. The molecule has 0 aromatic carbocycles. The molecule has 0 saturated heterocycles. The lowest BCUT2D eigenvalue weighted by atomic mass is 9.47. The molecule has 3 saturated carbocycles. The Morgan fingerprint density at radius 1 is 1.25 bits per heavy atom. The molecule has 0 aromatic heterocycles. The van der Waals surface area contributed by atoms with E-state index in [0.717, 1.165) is 32.1 Å². The Balaban J connectivity index is 1.70. The number of hydrogen-bond donors (Lipinski definition) is 2.